The SMILES string of the molecule is CCC[CH2][Sn]([CH2]CCC)([CH2]CCC)[C]1=C(C[Si](C)(C)C)C=CC1. The first kappa shape index (κ1) is 21.5. The Morgan fingerprint density at radius 1 is 0.870 bits per heavy atom. The Labute approximate surface area is 152 Å². The van der Waals surface area contributed by atoms with Gasteiger partial charge in [-0.3, -0.25) is 0 Å². The van der Waals surface area contributed by atoms with Crippen molar-refractivity contribution in [2.75, 3.05) is 0 Å². The van der Waals surface area contributed by atoms with Gasteiger partial charge in [0.15, 0.2) is 0 Å². The van der Waals surface area contributed by atoms with E-state index in [1.54, 1.807) is 13.3 Å². The fraction of sp³-hybridized carbons (Fsp3) is 0.810. The van der Waals surface area contributed by atoms with Gasteiger partial charge in [0, 0.05) is 0 Å². The van der Waals surface area contributed by atoms with Gasteiger partial charge in [-0.05, 0) is 0 Å². The summed E-state index contributed by atoms with van der Waals surface area (Å²) in [7, 11) is -1.01. The van der Waals surface area contributed by atoms with Crippen LogP contribution in [0.5, 0.6) is 0 Å². The van der Waals surface area contributed by atoms with Crippen molar-refractivity contribution in [1.82, 2.24) is 0 Å². The average molecular weight is 441 g/mol. The van der Waals surface area contributed by atoms with E-state index in [0.29, 0.717) is 0 Å². The van der Waals surface area contributed by atoms with Gasteiger partial charge in [-0.15, -0.1) is 0 Å². The van der Waals surface area contributed by atoms with Gasteiger partial charge in [0.05, 0.1) is 0 Å². The summed E-state index contributed by atoms with van der Waals surface area (Å²) < 4.78 is 6.98. The number of allylic oxidation sites excluding steroid dienone is 4. The van der Waals surface area contributed by atoms with Gasteiger partial charge < -0.3 is 0 Å². The average Bonchev–Trinajstić information content (AvgIpc) is 2.93. The molecule has 2 heteroatoms. The molecule has 0 saturated heterocycles. The van der Waals surface area contributed by atoms with Crippen molar-refractivity contribution < 1.29 is 0 Å². The molecular formula is C21H42SiSn. The van der Waals surface area contributed by atoms with Crippen LogP contribution in [0.25, 0.3) is 0 Å². The van der Waals surface area contributed by atoms with Crippen molar-refractivity contribution in [1.29, 1.82) is 0 Å². The van der Waals surface area contributed by atoms with E-state index in [-0.39, 0.29) is 0 Å². The second kappa shape index (κ2) is 10.5. The van der Waals surface area contributed by atoms with Crippen molar-refractivity contribution in [3.8, 4) is 0 Å². The molecule has 0 radical (unpaired) electrons. The zero-order valence-corrected chi connectivity index (χ0v) is 20.8. The molecular weight excluding hydrogens is 399 g/mol. The third-order valence-corrected chi connectivity index (χ3v) is 23.2. The second-order valence-electron chi connectivity index (χ2n) is 8.94. The van der Waals surface area contributed by atoms with E-state index in [9.17, 15) is 0 Å². The third kappa shape index (κ3) is 7.09. The van der Waals surface area contributed by atoms with Crippen LogP contribution in [0.1, 0.15) is 65.7 Å². The Hall–Kier alpha value is 0.496. The van der Waals surface area contributed by atoms with E-state index in [2.05, 4.69) is 56.2 Å². The summed E-state index contributed by atoms with van der Waals surface area (Å²) in [5.41, 5.74) is 1.84. The van der Waals surface area contributed by atoms with Crippen LogP contribution in [-0.4, -0.2) is 26.5 Å². The van der Waals surface area contributed by atoms with E-state index in [0.717, 1.165) is 0 Å². The molecule has 1 aliphatic rings. The van der Waals surface area contributed by atoms with Crippen LogP contribution < -0.4 is 0 Å². The molecule has 0 nitrogen and oxygen atoms in total. The minimum absolute atomic E-state index is 1.01. The van der Waals surface area contributed by atoms with Gasteiger partial charge >= 0.3 is 152 Å². The Morgan fingerprint density at radius 3 is 1.74 bits per heavy atom. The molecule has 1 aliphatic carbocycles. The van der Waals surface area contributed by atoms with E-state index in [4.69, 9.17) is 0 Å². The molecule has 23 heavy (non-hydrogen) atoms. The number of hydrogen-bond donors (Lipinski definition) is 0. The summed E-state index contributed by atoms with van der Waals surface area (Å²) in [5.74, 6) is 0. The van der Waals surface area contributed by atoms with Crippen molar-refractivity contribution in [3.63, 3.8) is 0 Å². The number of hydrogen-bond acceptors (Lipinski definition) is 0. The molecule has 1 rings (SSSR count). The second-order valence-corrected chi connectivity index (χ2v) is 27.7. The van der Waals surface area contributed by atoms with Crippen LogP contribution in [0.3, 0.4) is 0 Å². The molecule has 0 bridgehead atoms. The molecule has 0 aromatic carbocycles. The predicted molar refractivity (Wildman–Crippen MR) is 114 cm³/mol. The first-order chi connectivity index (χ1) is 10.9. The van der Waals surface area contributed by atoms with Gasteiger partial charge in [-0.2, -0.15) is 0 Å². The topological polar surface area (TPSA) is 0 Å². The van der Waals surface area contributed by atoms with Crippen LogP contribution in [-0.2, 0) is 0 Å². The van der Waals surface area contributed by atoms with Crippen LogP contribution in [0.4, 0.5) is 0 Å². The molecule has 0 aromatic heterocycles. The quantitative estimate of drug-likeness (QED) is 0.270. The fourth-order valence-electron chi connectivity index (χ4n) is 4.22. The maximum absolute atomic E-state index is 2.55. The van der Waals surface area contributed by atoms with Crippen LogP contribution in [0.2, 0.25) is 39.0 Å². The summed E-state index contributed by atoms with van der Waals surface area (Å²) in [6.07, 6.45) is 15.0. The summed E-state index contributed by atoms with van der Waals surface area (Å²) in [6.45, 7) is 14.8. The Morgan fingerprint density at radius 2 is 1.35 bits per heavy atom. The van der Waals surface area contributed by atoms with E-state index in [1.807, 2.05) is 5.57 Å². The van der Waals surface area contributed by atoms with Crippen LogP contribution in [0.15, 0.2) is 21.3 Å². The summed E-state index contributed by atoms with van der Waals surface area (Å²) in [5, 5.41) is 0. The molecule has 0 fully saturated rings. The van der Waals surface area contributed by atoms with Crippen molar-refractivity contribution in [2.45, 2.75) is 105 Å². The minimum atomic E-state index is -2.15. The van der Waals surface area contributed by atoms with Gasteiger partial charge in [0.1, 0.15) is 0 Å². The zero-order chi connectivity index (χ0) is 17.3. The molecule has 0 saturated carbocycles. The van der Waals surface area contributed by atoms with Gasteiger partial charge in [0.25, 0.3) is 0 Å². The first-order valence-corrected chi connectivity index (χ1v) is 21.5. The molecule has 0 heterocycles. The van der Waals surface area contributed by atoms with Crippen molar-refractivity contribution in [3.05, 3.63) is 21.3 Å². The van der Waals surface area contributed by atoms with Crippen molar-refractivity contribution >= 4 is 26.5 Å². The third-order valence-electron chi connectivity index (χ3n) is 5.42. The normalized spacial score (nSPS) is 15.7. The van der Waals surface area contributed by atoms with E-state index >= 15 is 0 Å². The fourth-order valence-corrected chi connectivity index (χ4v) is 23.7. The molecule has 0 amide bonds. The van der Waals surface area contributed by atoms with Crippen LogP contribution in [0, 0.1) is 0 Å². The maximum atomic E-state index is 2.55. The number of unbranched alkanes of at least 4 members (excludes halogenated alkanes) is 3. The van der Waals surface area contributed by atoms with Gasteiger partial charge in [-0.1, -0.05) is 0 Å². The molecule has 0 N–H and O–H groups in total. The van der Waals surface area contributed by atoms with E-state index < -0.39 is 26.5 Å². The van der Waals surface area contributed by atoms with E-state index in [1.165, 1.54) is 51.0 Å². The molecule has 134 valence electrons. The predicted octanol–water partition coefficient (Wildman–Crippen LogP) is 7.97. The zero-order valence-electron chi connectivity index (χ0n) is 16.9. The van der Waals surface area contributed by atoms with Crippen molar-refractivity contribution in [2.24, 2.45) is 0 Å². The first-order valence-electron chi connectivity index (χ1n) is 10.3. The van der Waals surface area contributed by atoms with Gasteiger partial charge in [-0.25, -0.2) is 0 Å². The molecule has 0 atom stereocenters. The Bertz CT molecular complexity index is 379. The Kier molecular flexibility index (Phi) is 9.81. The standard InChI is InChI=1S/C9H15Si.3C4H9.Sn/c1-10(2,3)8-9-6-4-5-7-9;3*1-3-4-2;/h4,6H,5,8H2,1-3H3;3*1,3-4H2,2H3;. The molecule has 0 spiro atoms. The van der Waals surface area contributed by atoms with Gasteiger partial charge in [0.2, 0.25) is 0 Å². The molecule has 0 aliphatic heterocycles. The molecule has 0 unspecified atom stereocenters. The van der Waals surface area contributed by atoms with Crippen LogP contribution >= 0.6 is 0 Å². The summed E-state index contributed by atoms with van der Waals surface area (Å²) in [4.78, 5) is 0. The Balaban J connectivity index is 3.14. The number of rotatable bonds is 12. The summed E-state index contributed by atoms with van der Waals surface area (Å²) in [6, 6.07) is 1.43. The molecule has 0 aromatic rings. The summed E-state index contributed by atoms with van der Waals surface area (Å²) >= 11 is -2.15. The monoisotopic (exact) mass is 442 g/mol.